The van der Waals surface area contributed by atoms with Crippen molar-refractivity contribution in [2.45, 2.75) is 32.5 Å². The highest BCUT2D eigenvalue weighted by atomic mass is 31.2. The van der Waals surface area contributed by atoms with Crippen molar-refractivity contribution in [1.29, 1.82) is 5.26 Å². The molecule has 2 unspecified atom stereocenters. The Balaban J connectivity index is 2.15. The summed E-state index contributed by atoms with van der Waals surface area (Å²) in [4.78, 5) is 0. The minimum atomic E-state index is -1.19. The van der Waals surface area contributed by atoms with Crippen LogP contribution in [0.5, 0.6) is 0 Å². The predicted octanol–water partition coefficient (Wildman–Crippen LogP) is 1.97. The molecule has 1 rings (SSSR count). The first kappa shape index (κ1) is 9.88. The molecular formula is C7H12NO3P. The second-order valence-corrected chi connectivity index (χ2v) is 3.71. The van der Waals surface area contributed by atoms with Gasteiger partial charge in [-0.25, -0.2) is 0 Å². The summed E-state index contributed by atoms with van der Waals surface area (Å²) in [7, 11) is -1.19. The van der Waals surface area contributed by atoms with Crippen LogP contribution >= 0.6 is 8.60 Å². The molecule has 0 aromatic rings. The molecule has 0 amide bonds. The van der Waals surface area contributed by atoms with Gasteiger partial charge in [0.2, 0.25) is 0 Å². The van der Waals surface area contributed by atoms with Gasteiger partial charge in [0.15, 0.2) is 0 Å². The van der Waals surface area contributed by atoms with Crippen LogP contribution < -0.4 is 0 Å². The Kier molecular flexibility index (Phi) is 3.90. The summed E-state index contributed by atoms with van der Waals surface area (Å²) in [6.45, 7) is 4.28. The lowest BCUT2D eigenvalue weighted by Gasteiger charge is -2.05. The fourth-order valence-corrected chi connectivity index (χ4v) is 1.99. The molecule has 1 heterocycles. The molecule has 1 fully saturated rings. The Morgan fingerprint density at radius 2 is 2.00 bits per heavy atom. The number of nitrogens with zero attached hydrogens (tertiary/aromatic N) is 1. The lowest BCUT2D eigenvalue weighted by atomic mass is 10.3. The molecule has 0 aromatic heterocycles. The Hall–Kier alpha value is -0.200. The van der Waals surface area contributed by atoms with Crippen LogP contribution in [0.25, 0.3) is 0 Å². The molecule has 0 N–H and O–H groups in total. The molecule has 12 heavy (non-hydrogen) atoms. The highest BCUT2D eigenvalue weighted by Gasteiger charge is 2.31. The summed E-state index contributed by atoms with van der Waals surface area (Å²) >= 11 is 0. The van der Waals surface area contributed by atoms with Gasteiger partial charge in [-0.05, 0) is 13.8 Å². The number of nitriles is 1. The van der Waals surface area contributed by atoms with Crippen LogP contribution in [0.1, 0.15) is 20.3 Å². The average Bonchev–Trinajstić information content (AvgIpc) is 2.32. The van der Waals surface area contributed by atoms with Gasteiger partial charge in [0.25, 0.3) is 0 Å². The van der Waals surface area contributed by atoms with E-state index in [2.05, 4.69) is 0 Å². The van der Waals surface area contributed by atoms with E-state index in [0.717, 1.165) is 0 Å². The summed E-state index contributed by atoms with van der Waals surface area (Å²) in [6.07, 6.45) is 0.574. The van der Waals surface area contributed by atoms with Crippen molar-refractivity contribution in [2.24, 2.45) is 0 Å². The van der Waals surface area contributed by atoms with E-state index in [1.165, 1.54) is 0 Å². The third-order valence-electron chi connectivity index (χ3n) is 1.58. The van der Waals surface area contributed by atoms with Crippen LogP contribution in [-0.2, 0) is 13.6 Å². The zero-order chi connectivity index (χ0) is 8.97. The SMILES string of the molecule is CC1OP(OCCC#N)OC1C. The first-order valence-corrected chi connectivity index (χ1v) is 4.97. The molecule has 1 aliphatic heterocycles. The normalized spacial score (nSPS) is 34.9. The molecule has 1 aliphatic rings. The molecule has 0 aliphatic carbocycles. The number of hydrogen-bond acceptors (Lipinski definition) is 4. The van der Waals surface area contributed by atoms with Crippen LogP contribution in [0.4, 0.5) is 0 Å². The molecule has 4 nitrogen and oxygen atoms in total. The van der Waals surface area contributed by atoms with Crippen molar-refractivity contribution in [2.75, 3.05) is 6.61 Å². The molecule has 2 atom stereocenters. The second kappa shape index (κ2) is 4.74. The summed E-state index contributed by atoms with van der Waals surface area (Å²) in [5.74, 6) is 0. The molecule has 0 saturated carbocycles. The monoisotopic (exact) mass is 189 g/mol. The van der Waals surface area contributed by atoms with Crippen molar-refractivity contribution in [1.82, 2.24) is 0 Å². The molecule has 0 bridgehead atoms. The zero-order valence-electron chi connectivity index (χ0n) is 7.19. The number of rotatable bonds is 3. The van der Waals surface area contributed by atoms with E-state index in [1.807, 2.05) is 19.9 Å². The van der Waals surface area contributed by atoms with Crippen LogP contribution in [0.2, 0.25) is 0 Å². The lowest BCUT2D eigenvalue weighted by Crippen LogP contribution is -2.13. The minimum Gasteiger partial charge on any atom is -0.311 e. The summed E-state index contributed by atoms with van der Waals surface area (Å²) in [5.41, 5.74) is 0. The van der Waals surface area contributed by atoms with Crippen molar-refractivity contribution < 1.29 is 13.6 Å². The van der Waals surface area contributed by atoms with Crippen LogP contribution in [0, 0.1) is 11.3 Å². The first-order chi connectivity index (χ1) is 5.74. The fraction of sp³-hybridized carbons (Fsp3) is 0.857. The molecule has 68 valence electrons. The van der Waals surface area contributed by atoms with E-state index in [4.69, 9.17) is 18.8 Å². The van der Waals surface area contributed by atoms with E-state index < -0.39 is 8.60 Å². The second-order valence-electron chi connectivity index (χ2n) is 2.59. The topological polar surface area (TPSA) is 51.5 Å². The maximum atomic E-state index is 8.24. The van der Waals surface area contributed by atoms with Gasteiger partial charge in [0, 0.05) is 0 Å². The van der Waals surface area contributed by atoms with Crippen molar-refractivity contribution in [3.8, 4) is 6.07 Å². The molecule has 0 aromatic carbocycles. The van der Waals surface area contributed by atoms with E-state index in [1.54, 1.807) is 0 Å². The van der Waals surface area contributed by atoms with Crippen LogP contribution in [0.3, 0.4) is 0 Å². The van der Waals surface area contributed by atoms with E-state index in [-0.39, 0.29) is 12.2 Å². The predicted molar refractivity (Wildman–Crippen MR) is 44.2 cm³/mol. The largest absolute Gasteiger partial charge is 0.333 e. The molecule has 1 saturated heterocycles. The van der Waals surface area contributed by atoms with Gasteiger partial charge in [-0.3, -0.25) is 0 Å². The Morgan fingerprint density at radius 1 is 1.42 bits per heavy atom. The standard InChI is InChI=1S/C7H12NO3P/c1-6-7(2)11-12(10-6)9-5-3-4-8/h6-7H,3,5H2,1-2H3. The highest BCUT2D eigenvalue weighted by Crippen LogP contribution is 2.49. The lowest BCUT2D eigenvalue weighted by molar-refractivity contribution is 0.187. The molecular weight excluding hydrogens is 177 g/mol. The van der Waals surface area contributed by atoms with Gasteiger partial charge >= 0.3 is 8.60 Å². The van der Waals surface area contributed by atoms with Gasteiger partial charge in [-0.2, -0.15) is 5.26 Å². The van der Waals surface area contributed by atoms with Crippen LogP contribution in [0.15, 0.2) is 0 Å². The van der Waals surface area contributed by atoms with Gasteiger partial charge in [-0.15, -0.1) is 0 Å². The Bertz CT molecular complexity index is 172. The van der Waals surface area contributed by atoms with E-state index in [9.17, 15) is 0 Å². The maximum Gasteiger partial charge on any atom is 0.333 e. The third-order valence-corrected chi connectivity index (χ3v) is 2.98. The number of hydrogen-bond donors (Lipinski definition) is 0. The summed E-state index contributed by atoms with van der Waals surface area (Å²) in [5, 5.41) is 8.24. The zero-order valence-corrected chi connectivity index (χ0v) is 8.08. The van der Waals surface area contributed by atoms with Gasteiger partial charge in [0.05, 0.1) is 31.3 Å². The van der Waals surface area contributed by atoms with Gasteiger partial charge in [0.1, 0.15) is 0 Å². The molecule has 0 radical (unpaired) electrons. The first-order valence-electron chi connectivity index (χ1n) is 3.87. The van der Waals surface area contributed by atoms with Crippen molar-refractivity contribution in [3.05, 3.63) is 0 Å². The quantitative estimate of drug-likeness (QED) is 0.503. The smallest absolute Gasteiger partial charge is 0.311 e. The average molecular weight is 189 g/mol. The maximum absolute atomic E-state index is 8.24. The Morgan fingerprint density at radius 3 is 2.50 bits per heavy atom. The highest BCUT2D eigenvalue weighted by molar-refractivity contribution is 7.42. The third kappa shape index (κ3) is 2.69. The van der Waals surface area contributed by atoms with E-state index in [0.29, 0.717) is 13.0 Å². The van der Waals surface area contributed by atoms with Crippen molar-refractivity contribution >= 4 is 8.60 Å². The summed E-state index contributed by atoms with van der Waals surface area (Å²) in [6, 6.07) is 1.99. The minimum absolute atomic E-state index is 0.0956. The Labute approximate surface area is 73.4 Å². The molecule has 0 spiro atoms. The fourth-order valence-electron chi connectivity index (χ4n) is 0.694. The van der Waals surface area contributed by atoms with Gasteiger partial charge in [-0.1, -0.05) is 0 Å². The summed E-state index contributed by atoms with van der Waals surface area (Å²) < 4.78 is 15.8. The molecule has 5 heteroatoms. The van der Waals surface area contributed by atoms with Crippen molar-refractivity contribution in [3.63, 3.8) is 0 Å². The van der Waals surface area contributed by atoms with Crippen LogP contribution in [-0.4, -0.2) is 18.8 Å². The van der Waals surface area contributed by atoms with E-state index >= 15 is 0 Å². The van der Waals surface area contributed by atoms with Gasteiger partial charge < -0.3 is 13.6 Å².